The molecule has 0 bridgehead atoms. The van der Waals surface area contributed by atoms with Gasteiger partial charge in [-0.05, 0) is 50.6 Å². The van der Waals surface area contributed by atoms with Gasteiger partial charge in [0.15, 0.2) is 0 Å². The Morgan fingerprint density at radius 3 is 2.17 bits per heavy atom. The first-order valence-electron chi connectivity index (χ1n) is 10.9. The second-order valence-corrected chi connectivity index (χ2v) is 10.2. The lowest BCUT2D eigenvalue weighted by Crippen LogP contribution is -2.52. The number of carbonyl (C=O) groups excluding carboxylic acids is 2. The number of rotatable bonds is 11. The fourth-order valence-corrected chi connectivity index (χ4v) is 4.21. The van der Waals surface area contributed by atoms with Gasteiger partial charge in [-0.2, -0.15) is 0 Å². The van der Waals surface area contributed by atoms with Crippen LogP contribution in [-0.4, -0.2) is 64.2 Å². The van der Waals surface area contributed by atoms with Crippen molar-refractivity contribution in [1.82, 2.24) is 10.2 Å². The zero-order valence-corrected chi connectivity index (χ0v) is 21.6. The molecule has 0 unspecified atom stereocenters. The predicted molar refractivity (Wildman–Crippen MR) is 131 cm³/mol. The van der Waals surface area contributed by atoms with E-state index in [1.807, 2.05) is 0 Å². The van der Waals surface area contributed by atoms with E-state index in [-0.39, 0.29) is 24.0 Å². The summed E-state index contributed by atoms with van der Waals surface area (Å²) in [4.78, 5) is 27.5. The van der Waals surface area contributed by atoms with E-state index in [0.29, 0.717) is 11.3 Å². The molecule has 0 aliphatic carbocycles. The molecule has 2 amide bonds. The maximum absolute atomic E-state index is 13.5. The normalized spacial score (nSPS) is 12.1. The van der Waals surface area contributed by atoms with E-state index < -0.39 is 40.2 Å². The molecule has 9 nitrogen and oxygen atoms in total. The molecule has 0 radical (unpaired) electrons. The summed E-state index contributed by atoms with van der Waals surface area (Å²) in [5, 5.41) is 2.76. The average molecular weight is 510 g/mol. The predicted octanol–water partition coefficient (Wildman–Crippen LogP) is 2.55. The first kappa shape index (κ1) is 27.9. The van der Waals surface area contributed by atoms with Gasteiger partial charge in [-0.1, -0.05) is 12.1 Å². The van der Waals surface area contributed by atoms with Crippen LogP contribution in [0.5, 0.6) is 11.5 Å². The van der Waals surface area contributed by atoms with E-state index in [2.05, 4.69) is 5.32 Å². The minimum atomic E-state index is -3.95. The minimum Gasteiger partial charge on any atom is -0.497 e. The Hall–Kier alpha value is -3.34. The summed E-state index contributed by atoms with van der Waals surface area (Å²) in [5.74, 6) is -0.878. The monoisotopic (exact) mass is 509 g/mol. The molecule has 0 aliphatic heterocycles. The summed E-state index contributed by atoms with van der Waals surface area (Å²) < 4.78 is 50.3. The molecule has 0 aromatic heterocycles. The number of anilines is 1. The smallest absolute Gasteiger partial charge is 0.244 e. The van der Waals surface area contributed by atoms with Crippen LogP contribution in [0.15, 0.2) is 42.5 Å². The van der Waals surface area contributed by atoms with Gasteiger partial charge in [-0.25, -0.2) is 12.8 Å². The van der Waals surface area contributed by atoms with Crippen LogP contribution in [-0.2, 0) is 26.2 Å². The number of carbonyl (C=O) groups is 2. The Balaban J connectivity index is 2.47. The lowest BCUT2D eigenvalue weighted by Gasteiger charge is -2.32. The molecule has 2 aromatic rings. The molecule has 0 saturated heterocycles. The lowest BCUT2D eigenvalue weighted by molar-refractivity contribution is -0.139. The van der Waals surface area contributed by atoms with Crippen molar-refractivity contribution in [2.75, 3.05) is 31.3 Å². The van der Waals surface area contributed by atoms with Crippen molar-refractivity contribution in [3.63, 3.8) is 0 Å². The zero-order valence-electron chi connectivity index (χ0n) is 20.7. The molecule has 0 aliphatic rings. The Morgan fingerprint density at radius 2 is 1.66 bits per heavy atom. The number of benzene rings is 2. The molecule has 35 heavy (non-hydrogen) atoms. The SMILES string of the molecule is COc1ccc(OC)c(N(CC(=O)N(Cc2ccc(F)cc2)[C@H](C)C(=O)NC(C)C)S(C)(=O)=O)c1. The maximum atomic E-state index is 13.5. The van der Waals surface area contributed by atoms with Crippen molar-refractivity contribution >= 4 is 27.5 Å². The van der Waals surface area contributed by atoms with Crippen molar-refractivity contribution in [3.05, 3.63) is 53.8 Å². The third-order valence-corrected chi connectivity index (χ3v) is 6.32. The molecular weight excluding hydrogens is 477 g/mol. The van der Waals surface area contributed by atoms with Crippen molar-refractivity contribution in [1.29, 1.82) is 0 Å². The van der Waals surface area contributed by atoms with Crippen LogP contribution in [0.2, 0.25) is 0 Å². The van der Waals surface area contributed by atoms with Crippen molar-refractivity contribution in [3.8, 4) is 11.5 Å². The highest BCUT2D eigenvalue weighted by Gasteiger charge is 2.31. The van der Waals surface area contributed by atoms with E-state index in [0.717, 1.165) is 10.6 Å². The van der Waals surface area contributed by atoms with Gasteiger partial charge >= 0.3 is 0 Å². The minimum absolute atomic E-state index is 0.0291. The number of halogens is 1. The summed E-state index contributed by atoms with van der Waals surface area (Å²) in [6.07, 6.45) is 0.971. The van der Waals surface area contributed by atoms with Gasteiger partial charge in [0, 0.05) is 18.7 Å². The topological polar surface area (TPSA) is 105 Å². The van der Waals surface area contributed by atoms with E-state index in [1.165, 1.54) is 55.5 Å². The molecule has 0 saturated carbocycles. The molecule has 2 rings (SSSR count). The van der Waals surface area contributed by atoms with Crippen LogP contribution in [0, 0.1) is 5.82 Å². The molecule has 1 N–H and O–H groups in total. The third-order valence-electron chi connectivity index (χ3n) is 5.20. The molecular formula is C24H32FN3O6S. The molecule has 0 heterocycles. The number of methoxy groups -OCH3 is 2. The van der Waals surface area contributed by atoms with Crippen molar-refractivity contribution in [2.24, 2.45) is 0 Å². The van der Waals surface area contributed by atoms with Crippen molar-refractivity contribution in [2.45, 2.75) is 39.4 Å². The van der Waals surface area contributed by atoms with Crippen LogP contribution in [0.3, 0.4) is 0 Å². The largest absolute Gasteiger partial charge is 0.497 e. The maximum Gasteiger partial charge on any atom is 0.244 e. The quantitative estimate of drug-likeness (QED) is 0.499. The Kier molecular flexibility index (Phi) is 9.47. The van der Waals surface area contributed by atoms with Crippen molar-refractivity contribution < 1.29 is 31.9 Å². The number of ether oxygens (including phenoxy) is 2. The number of nitrogens with zero attached hydrogens (tertiary/aromatic N) is 2. The standard InChI is InChI=1S/C24H32FN3O6S/c1-16(2)26-24(30)17(3)27(14-18-7-9-19(25)10-8-18)23(29)15-28(35(6,31)32)21-13-20(33-4)11-12-22(21)34-5/h7-13,16-17H,14-15H2,1-6H3,(H,26,30)/t17-/m1/s1. The van der Waals surface area contributed by atoms with E-state index >= 15 is 0 Å². The highest BCUT2D eigenvalue weighted by Crippen LogP contribution is 2.34. The van der Waals surface area contributed by atoms with E-state index in [9.17, 15) is 22.4 Å². The molecule has 0 spiro atoms. The Labute approximate surface area is 205 Å². The second-order valence-electron chi connectivity index (χ2n) is 8.29. The van der Waals surface area contributed by atoms with Gasteiger partial charge in [0.2, 0.25) is 21.8 Å². The number of amides is 2. The van der Waals surface area contributed by atoms with Gasteiger partial charge in [0.25, 0.3) is 0 Å². The van der Waals surface area contributed by atoms with Gasteiger partial charge in [0.1, 0.15) is 29.9 Å². The van der Waals surface area contributed by atoms with Gasteiger partial charge in [0.05, 0.1) is 26.2 Å². The summed E-state index contributed by atoms with van der Waals surface area (Å²) in [6, 6.07) is 9.00. The first-order valence-corrected chi connectivity index (χ1v) is 12.8. The second kappa shape index (κ2) is 11.9. The molecule has 11 heteroatoms. The van der Waals surface area contributed by atoms with Gasteiger partial charge < -0.3 is 19.7 Å². The molecule has 0 fully saturated rings. The summed E-state index contributed by atoms with van der Waals surface area (Å²) in [7, 11) is -1.13. The zero-order chi connectivity index (χ0) is 26.3. The van der Waals surface area contributed by atoms with E-state index in [1.54, 1.807) is 26.8 Å². The number of hydrogen-bond donors (Lipinski definition) is 1. The lowest BCUT2D eigenvalue weighted by atomic mass is 10.1. The highest BCUT2D eigenvalue weighted by atomic mass is 32.2. The molecule has 2 aromatic carbocycles. The van der Waals surface area contributed by atoms with Crippen LogP contribution in [0.1, 0.15) is 26.3 Å². The van der Waals surface area contributed by atoms with Gasteiger partial charge in [-0.3, -0.25) is 13.9 Å². The Bertz CT molecular complexity index is 1140. The molecule has 1 atom stereocenters. The fraction of sp³-hybridized carbons (Fsp3) is 0.417. The molecule has 192 valence electrons. The number of sulfonamides is 1. The van der Waals surface area contributed by atoms with E-state index in [4.69, 9.17) is 9.47 Å². The summed E-state index contributed by atoms with van der Waals surface area (Å²) >= 11 is 0. The fourth-order valence-electron chi connectivity index (χ4n) is 3.36. The van der Waals surface area contributed by atoms with Crippen LogP contribution in [0.25, 0.3) is 0 Å². The summed E-state index contributed by atoms with van der Waals surface area (Å²) in [5.41, 5.74) is 0.692. The van der Waals surface area contributed by atoms with Crippen LogP contribution in [0.4, 0.5) is 10.1 Å². The Morgan fingerprint density at radius 1 is 1.03 bits per heavy atom. The first-order chi connectivity index (χ1) is 16.4. The van der Waals surface area contributed by atoms with Crippen LogP contribution >= 0.6 is 0 Å². The summed E-state index contributed by atoms with van der Waals surface area (Å²) in [6.45, 7) is 4.51. The van der Waals surface area contributed by atoms with Crippen LogP contribution < -0.4 is 19.1 Å². The average Bonchev–Trinajstić information content (AvgIpc) is 2.79. The van der Waals surface area contributed by atoms with Gasteiger partial charge in [-0.15, -0.1) is 0 Å². The highest BCUT2D eigenvalue weighted by molar-refractivity contribution is 7.92. The third kappa shape index (κ3) is 7.57. The number of hydrogen-bond acceptors (Lipinski definition) is 6. The number of nitrogens with one attached hydrogen (secondary N) is 1.